The van der Waals surface area contributed by atoms with E-state index in [0.29, 0.717) is 12.1 Å². The minimum Gasteiger partial charge on any atom is -0.379 e. The van der Waals surface area contributed by atoms with Crippen LogP contribution in [-0.4, -0.2) is 25.8 Å². The second kappa shape index (κ2) is 7.58. The molecule has 0 fully saturated rings. The number of hydrogen-bond donors (Lipinski definition) is 1. The molecule has 2 aromatic carbocycles. The molecular formula is C16H14N2O6S. The van der Waals surface area contributed by atoms with Crippen molar-refractivity contribution in [1.82, 2.24) is 5.32 Å². The number of nitro benzene ring substituents is 1. The van der Waals surface area contributed by atoms with Crippen molar-refractivity contribution in [3.8, 4) is 5.75 Å². The first kappa shape index (κ1) is 18.1. The predicted molar refractivity (Wildman–Crippen MR) is 89.9 cm³/mol. The highest BCUT2D eigenvalue weighted by atomic mass is 32.2. The lowest BCUT2D eigenvalue weighted by atomic mass is 10.2. The van der Waals surface area contributed by atoms with E-state index in [9.17, 15) is 23.3 Å². The minimum absolute atomic E-state index is 0.0215. The van der Waals surface area contributed by atoms with E-state index in [1.165, 1.54) is 48.5 Å². The van der Waals surface area contributed by atoms with Crippen molar-refractivity contribution in [2.24, 2.45) is 0 Å². The molecule has 0 aromatic heterocycles. The molecule has 9 heteroatoms. The Morgan fingerprint density at radius 2 is 1.92 bits per heavy atom. The highest BCUT2D eigenvalue weighted by Crippen LogP contribution is 2.22. The third-order valence-electron chi connectivity index (χ3n) is 3.05. The summed E-state index contributed by atoms with van der Waals surface area (Å²) in [5.41, 5.74) is -0.0409. The molecule has 2 rings (SSSR count). The van der Waals surface area contributed by atoms with Crippen LogP contribution in [0.1, 0.15) is 10.4 Å². The zero-order valence-electron chi connectivity index (χ0n) is 12.9. The molecule has 0 atom stereocenters. The minimum atomic E-state index is -4.23. The van der Waals surface area contributed by atoms with Gasteiger partial charge in [0.25, 0.3) is 11.6 Å². The van der Waals surface area contributed by atoms with Crippen molar-refractivity contribution >= 4 is 21.7 Å². The van der Waals surface area contributed by atoms with Gasteiger partial charge in [-0.3, -0.25) is 14.9 Å². The largest absolute Gasteiger partial charge is 0.379 e. The molecule has 8 nitrogen and oxygen atoms in total. The maximum absolute atomic E-state index is 12.2. The zero-order chi connectivity index (χ0) is 18.4. The lowest BCUT2D eigenvalue weighted by molar-refractivity contribution is -0.385. The van der Waals surface area contributed by atoms with Gasteiger partial charge in [0.15, 0.2) is 0 Å². The van der Waals surface area contributed by atoms with E-state index in [0.717, 1.165) is 6.07 Å². The number of carbonyl (C=O) groups excluding carboxylic acids is 1. The quantitative estimate of drug-likeness (QED) is 0.350. The van der Waals surface area contributed by atoms with Gasteiger partial charge in [0.05, 0.1) is 4.92 Å². The summed E-state index contributed by atoms with van der Waals surface area (Å²) in [5, 5.41) is 13.3. The van der Waals surface area contributed by atoms with Crippen LogP contribution in [0.2, 0.25) is 0 Å². The number of nitro groups is 1. The predicted octanol–water partition coefficient (Wildman–Crippen LogP) is 2.28. The first-order chi connectivity index (χ1) is 11.8. The zero-order valence-corrected chi connectivity index (χ0v) is 13.7. The first-order valence-corrected chi connectivity index (χ1v) is 8.42. The highest BCUT2D eigenvalue weighted by molar-refractivity contribution is 7.87. The van der Waals surface area contributed by atoms with Gasteiger partial charge in [0.1, 0.15) is 10.6 Å². The van der Waals surface area contributed by atoms with Crippen LogP contribution in [0.4, 0.5) is 5.69 Å². The Bertz CT molecular complexity index is 906. The van der Waals surface area contributed by atoms with Gasteiger partial charge in [0.2, 0.25) is 0 Å². The summed E-state index contributed by atoms with van der Waals surface area (Å²) in [7, 11) is -4.23. The van der Waals surface area contributed by atoms with Gasteiger partial charge in [0, 0.05) is 24.2 Å². The Hall–Kier alpha value is -3.20. The monoisotopic (exact) mass is 362 g/mol. The number of carbonyl (C=O) groups is 1. The summed E-state index contributed by atoms with van der Waals surface area (Å²) in [4.78, 5) is 21.4. The van der Waals surface area contributed by atoms with Crippen LogP contribution < -0.4 is 9.50 Å². The van der Waals surface area contributed by atoms with E-state index in [1.807, 2.05) is 0 Å². The summed E-state index contributed by atoms with van der Waals surface area (Å²) in [6.07, 6.45) is 1.53. The summed E-state index contributed by atoms with van der Waals surface area (Å²) in [6.45, 7) is 3.79. The molecule has 0 aliphatic carbocycles. The topological polar surface area (TPSA) is 116 Å². The SMILES string of the molecule is C=CCNC(=O)c1ccc(OS(=O)(=O)c2cccc([N+](=O)[O-])c2)cc1. The maximum atomic E-state index is 12.2. The normalized spacial score (nSPS) is 10.7. The van der Waals surface area contributed by atoms with Crippen LogP contribution in [-0.2, 0) is 10.1 Å². The van der Waals surface area contributed by atoms with Crippen molar-refractivity contribution < 1.29 is 22.3 Å². The van der Waals surface area contributed by atoms with Crippen molar-refractivity contribution in [3.05, 3.63) is 76.9 Å². The average molecular weight is 362 g/mol. The number of benzene rings is 2. The summed E-state index contributed by atoms with van der Waals surface area (Å²) >= 11 is 0. The summed E-state index contributed by atoms with van der Waals surface area (Å²) < 4.78 is 29.3. The van der Waals surface area contributed by atoms with Crippen LogP contribution >= 0.6 is 0 Å². The molecule has 0 heterocycles. The van der Waals surface area contributed by atoms with Gasteiger partial charge in [-0.05, 0) is 30.3 Å². The molecule has 0 saturated carbocycles. The number of non-ortho nitro benzene ring substituents is 1. The average Bonchev–Trinajstić information content (AvgIpc) is 2.60. The summed E-state index contributed by atoms with van der Waals surface area (Å²) in [5.74, 6) is -0.361. The standard InChI is InChI=1S/C16H14N2O6S/c1-2-10-17-16(19)12-6-8-14(9-7-12)24-25(22,23)15-5-3-4-13(11-15)18(20)21/h2-9,11H,1,10H2,(H,17,19). The first-order valence-electron chi connectivity index (χ1n) is 7.01. The summed E-state index contributed by atoms with van der Waals surface area (Å²) in [6, 6.07) is 9.96. The van der Waals surface area contributed by atoms with Crippen LogP contribution in [0.3, 0.4) is 0 Å². The molecule has 0 radical (unpaired) electrons. The van der Waals surface area contributed by atoms with Gasteiger partial charge in [-0.25, -0.2) is 0 Å². The maximum Gasteiger partial charge on any atom is 0.339 e. The Morgan fingerprint density at radius 3 is 2.52 bits per heavy atom. The van der Waals surface area contributed by atoms with Gasteiger partial charge in [-0.2, -0.15) is 8.42 Å². The van der Waals surface area contributed by atoms with Crippen LogP contribution in [0.15, 0.2) is 66.1 Å². The lowest BCUT2D eigenvalue weighted by Gasteiger charge is -2.08. The smallest absolute Gasteiger partial charge is 0.339 e. The number of nitrogens with one attached hydrogen (secondary N) is 1. The molecular weight excluding hydrogens is 348 g/mol. The molecule has 2 aromatic rings. The fraction of sp³-hybridized carbons (Fsp3) is 0.0625. The van der Waals surface area contributed by atoms with E-state index in [2.05, 4.69) is 11.9 Å². The van der Waals surface area contributed by atoms with E-state index < -0.39 is 15.0 Å². The van der Waals surface area contributed by atoms with Gasteiger partial charge >= 0.3 is 10.1 Å². The van der Waals surface area contributed by atoms with E-state index in [4.69, 9.17) is 4.18 Å². The Balaban J connectivity index is 2.18. The fourth-order valence-corrected chi connectivity index (χ4v) is 2.83. The Labute approximate surface area is 144 Å². The van der Waals surface area contributed by atoms with Gasteiger partial charge < -0.3 is 9.50 Å². The van der Waals surface area contributed by atoms with E-state index in [-0.39, 0.29) is 22.2 Å². The Morgan fingerprint density at radius 1 is 1.24 bits per heavy atom. The molecule has 0 bridgehead atoms. The fourth-order valence-electron chi connectivity index (χ4n) is 1.86. The molecule has 1 amide bonds. The van der Waals surface area contributed by atoms with Crippen LogP contribution in [0, 0.1) is 10.1 Å². The number of nitrogens with zero attached hydrogens (tertiary/aromatic N) is 1. The van der Waals surface area contributed by atoms with Gasteiger partial charge in [-0.1, -0.05) is 12.1 Å². The number of hydrogen-bond acceptors (Lipinski definition) is 6. The van der Waals surface area contributed by atoms with Crippen LogP contribution in [0.5, 0.6) is 5.75 Å². The Kier molecular flexibility index (Phi) is 5.50. The van der Waals surface area contributed by atoms with Crippen molar-refractivity contribution in [3.63, 3.8) is 0 Å². The molecule has 1 N–H and O–H groups in total. The van der Waals surface area contributed by atoms with Crippen molar-refractivity contribution in [2.45, 2.75) is 4.90 Å². The highest BCUT2D eigenvalue weighted by Gasteiger charge is 2.20. The number of rotatable bonds is 7. The van der Waals surface area contributed by atoms with Crippen LogP contribution in [0.25, 0.3) is 0 Å². The van der Waals surface area contributed by atoms with Gasteiger partial charge in [-0.15, -0.1) is 6.58 Å². The molecule has 130 valence electrons. The third kappa shape index (κ3) is 4.64. The molecule has 0 aliphatic rings. The molecule has 0 saturated heterocycles. The molecule has 0 aliphatic heterocycles. The van der Waals surface area contributed by atoms with E-state index >= 15 is 0 Å². The second-order valence-corrected chi connectivity index (χ2v) is 6.36. The molecule has 0 spiro atoms. The molecule has 0 unspecified atom stereocenters. The number of amides is 1. The van der Waals surface area contributed by atoms with Crippen molar-refractivity contribution in [1.29, 1.82) is 0 Å². The lowest BCUT2D eigenvalue weighted by Crippen LogP contribution is -2.23. The van der Waals surface area contributed by atoms with E-state index in [1.54, 1.807) is 0 Å². The second-order valence-electron chi connectivity index (χ2n) is 4.82. The molecule has 25 heavy (non-hydrogen) atoms. The van der Waals surface area contributed by atoms with Crippen molar-refractivity contribution in [2.75, 3.05) is 6.54 Å². The third-order valence-corrected chi connectivity index (χ3v) is 4.29.